The van der Waals surface area contributed by atoms with E-state index in [1.807, 2.05) is 19.1 Å². The van der Waals surface area contributed by atoms with Crippen molar-refractivity contribution in [3.05, 3.63) is 29.3 Å². The third-order valence-corrected chi connectivity index (χ3v) is 8.32. The van der Waals surface area contributed by atoms with E-state index in [1.54, 1.807) is 17.9 Å². The maximum atomic E-state index is 13.6. The largest absolute Gasteiger partial charge is 0.340 e. The van der Waals surface area contributed by atoms with Gasteiger partial charge < -0.3 is 10.6 Å². The smallest absolute Gasteiger partial charge is 0.244 e. The summed E-state index contributed by atoms with van der Waals surface area (Å²) in [6.07, 6.45) is 4.10. The van der Waals surface area contributed by atoms with Gasteiger partial charge in [0.05, 0.1) is 4.90 Å². The van der Waals surface area contributed by atoms with E-state index in [9.17, 15) is 13.2 Å². The Morgan fingerprint density at radius 1 is 1.20 bits per heavy atom. The second-order valence-corrected chi connectivity index (χ2v) is 9.86. The lowest BCUT2D eigenvalue weighted by Crippen LogP contribution is -2.56. The highest BCUT2D eigenvalue weighted by molar-refractivity contribution is 7.93. The minimum atomic E-state index is -3.75. The predicted molar refractivity (Wildman–Crippen MR) is 98.1 cm³/mol. The number of carbonyl (C=O) groups is 1. The molecule has 5 nitrogen and oxygen atoms in total. The fourth-order valence-corrected chi connectivity index (χ4v) is 6.67. The second kappa shape index (κ2) is 6.72. The van der Waals surface area contributed by atoms with Crippen molar-refractivity contribution in [3.8, 4) is 0 Å². The Morgan fingerprint density at radius 2 is 1.88 bits per heavy atom. The molecule has 25 heavy (non-hydrogen) atoms. The highest BCUT2D eigenvalue weighted by Gasteiger charge is 2.55. The zero-order chi connectivity index (χ0) is 18.2. The summed E-state index contributed by atoms with van der Waals surface area (Å²) in [5.41, 5.74) is 7.63. The molecule has 6 heteroatoms. The number of carbonyl (C=O) groups excluding carboxylic acids is 1. The maximum absolute atomic E-state index is 13.6. The number of piperidine rings is 1. The number of hydrogen-bond acceptors (Lipinski definition) is 4. The average Bonchev–Trinajstić information content (AvgIpc) is 3.08. The number of likely N-dealkylation sites (tertiary alicyclic amines) is 1. The number of rotatable bonds is 3. The monoisotopic (exact) mass is 364 g/mol. The lowest BCUT2D eigenvalue weighted by atomic mass is 10.0. The van der Waals surface area contributed by atoms with E-state index < -0.39 is 14.6 Å². The van der Waals surface area contributed by atoms with Crippen LogP contribution in [0.5, 0.6) is 0 Å². The molecule has 1 saturated carbocycles. The van der Waals surface area contributed by atoms with Crippen LogP contribution in [0.1, 0.15) is 49.7 Å². The van der Waals surface area contributed by atoms with Crippen LogP contribution >= 0.6 is 0 Å². The lowest BCUT2D eigenvalue weighted by Gasteiger charge is -2.38. The van der Waals surface area contributed by atoms with Crippen LogP contribution in [-0.2, 0) is 14.6 Å². The fourth-order valence-electron chi connectivity index (χ4n) is 4.23. The van der Waals surface area contributed by atoms with Crippen molar-refractivity contribution in [2.24, 2.45) is 5.73 Å². The maximum Gasteiger partial charge on any atom is 0.244 e. The van der Waals surface area contributed by atoms with Gasteiger partial charge in [0, 0.05) is 19.1 Å². The van der Waals surface area contributed by atoms with Gasteiger partial charge in [0.25, 0.3) is 0 Å². The summed E-state index contributed by atoms with van der Waals surface area (Å²) < 4.78 is 25.9. The molecule has 1 aliphatic carbocycles. The van der Waals surface area contributed by atoms with Crippen LogP contribution in [0.4, 0.5) is 0 Å². The minimum Gasteiger partial charge on any atom is -0.340 e. The summed E-state index contributed by atoms with van der Waals surface area (Å²) in [7, 11) is -3.75. The quantitative estimate of drug-likeness (QED) is 0.893. The van der Waals surface area contributed by atoms with Crippen molar-refractivity contribution in [2.75, 3.05) is 13.1 Å². The Balaban J connectivity index is 2.05. The van der Waals surface area contributed by atoms with E-state index in [0.717, 1.165) is 31.2 Å². The molecule has 2 fully saturated rings. The van der Waals surface area contributed by atoms with E-state index in [1.165, 1.54) is 0 Å². The van der Waals surface area contributed by atoms with E-state index in [-0.39, 0.29) is 11.9 Å². The fraction of sp³-hybridized carbons (Fsp3) is 0.632. The van der Waals surface area contributed by atoms with Crippen molar-refractivity contribution in [1.29, 1.82) is 0 Å². The molecule has 3 rings (SSSR count). The topological polar surface area (TPSA) is 80.5 Å². The third-order valence-electron chi connectivity index (χ3n) is 5.69. The number of nitrogens with zero attached hydrogens (tertiary/aromatic N) is 1. The Kier molecular flexibility index (Phi) is 4.95. The number of amides is 1. The minimum absolute atomic E-state index is 0.0560. The molecule has 1 amide bonds. The summed E-state index contributed by atoms with van der Waals surface area (Å²) in [4.78, 5) is 15.4. The van der Waals surface area contributed by atoms with Gasteiger partial charge in [-0.15, -0.1) is 0 Å². The first kappa shape index (κ1) is 18.4. The third kappa shape index (κ3) is 3.10. The molecule has 0 aromatic heterocycles. The zero-order valence-corrected chi connectivity index (χ0v) is 15.9. The molecule has 1 heterocycles. The molecule has 1 aromatic carbocycles. The van der Waals surface area contributed by atoms with E-state index in [2.05, 4.69) is 0 Å². The van der Waals surface area contributed by atoms with Crippen LogP contribution in [0, 0.1) is 13.8 Å². The summed E-state index contributed by atoms with van der Waals surface area (Å²) >= 11 is 0. The molecule has 0 spiro atoms. The molecular weight excluding hydrogens is 336 g/mol. The van der Waals surface area contributed by atoms with Crippen LogP contribution in [0.2, 0.25) is 0 Å². The van der Waals surface area contributed by atoms with Crippen molar-refractivity contribution in [2.45, 2.75) is 68.1 Å². The SMILES string of the molecule is Cc1ccc(C)c(S(=O)(=O)C2(C(=O)N3CCCC(N)C3)CCCC2)c1. The number of aryl methyl sites for hydroxylation is 2. The second-order valence-electron chi connectivity index (χ2n) is 7.63. The van der Waals surface area contributed by atoms with Gasteiger partial charge in [0.2, 0.25) is 5.91 Å². The molecule has 1 aromatic rings. The number of sulfone groups is 1. The Hall–Kier alpha value is -1.40. The summed E-state index contributed by atoms with van der Waals surface area (Å²) in [6.45, 7) is 4.75. The molecule has 2 aliphatic rings. The first-order valence-electron chi connectivity index (χ1n) is 9.15. The van der Waals surface area contributed by atoms with Gasteiger partial charge in [0.15, 0.2) is 14.6 Å². The summed E-state index contributed by atoms with van der Waals surface area (Å²) in [6, 6.07) is 5.38. The number of benzene rings is 1. The Bertz CT molecular complexity index is 767. The number of nitrogens with two attached hydrogens (primary N) is 1. The van der Waals surface area contributed by atoms with Gasteiger partial charge in [-0.1, -0.05) is 25.0 Å². The normalized spacial score (nSPS) is 23.6. The van der Waals surface area contributed by atoms with Gasteiger partial charge in [-0.05, 0) is 56.7 Å². The van der Waals surface area contributed by atoms with Crippen LogP contribution in [0.15, 0.2) is 23.1 Å². The standard InChI is InChI=1S/C19H28N2O3S/c1-14-7-8-15(2)17(12-14)25(23,24)19(9-3-4-10-19)18(22)21-11-5-6-16(20)13-21/h7-8,12,16H,3-6,9-11,13,20H2,1-2H3. The summed E-state index contributed by atoms with van der Waals surface area (Å²) in [5.74, 6) is -0.235. The predicted octanol–water partition coefficient (Wildman–Crippen LogP) is 2.34. The van der Waals surface area contributed by atoms with Crippen LogP contribution < -0.4 is 5.73 Å². The van der Waals surface area contributed by atoms with Crippen LogP contribution in [-0.4, -0.2) is 43.1 Å². The summed E-state index contributed by atoms with van der Waals surface area (Å²) in [5, 5.41) is 0. The van der Waals surface area contributed by atoms with Gasteiger partial charge in [-0.25, -0.2) is 8.42 Å². The molecule has 1 unspecified atom stereocenters. The van der Waals surface area contributed by atoms with E-state index in [4.69, 9.17) is 5.73 Å². The molecule has 2 N–H and O–H groups in total. The molecule has 0 bridgehead atoms. The highest BCUT2D eigenvalue weighted by Crippen LogP contribution is 2.43. The molecule has 1 atom stereocenters. The van der Waals surface area contributed by atoms with Crippen molar-refractivity contribution in [3.63, 3.8) is 0 Å². The first-order valence-corrected chi connectivity index (χ1v) is 10.6. The highest BCUT2D eigenvalue weighted by atomic mass is 32.2. The van der Waals surface area contributed by atoms with Crippen LogP contribution in [0.3, 0.4) is 0 Å². The molecule has 1 aliphatic heterocycles. The zero-order valence-electron chi connectivity index (χ0n) is 15.1. The molecule has 1 saturated heterocycles. The van der Waals surface area contributed by atoms with Gasteiger partial charge in [-0.3, -0.25) is 4.79 Å². The molecular formula is C19H28N2O3S. The van der Waals surface area contributed by atoms with Gasteiger partial charge >= 0.3 is 0 Å². The van der Waals surface area contributed by atoms with Crippen molar-refractivity contribution < 1.29 is 13.2 Å². The molecule has 0 radical (unpaired) electrons. The van der Waals surface area contributed by atoms with E-state index in [0.29, 0.717) is 36.4 Å². The van der Waals surface area contributed by atoms with Crippen molar-refractivity contribution in [1.82, 2.24) is 4.90 Å². The number of hydrogen-bond donors (Lipinski definition) is 1. The van der Waals surface area contributed by atoms with E-state index >= 15 is 0 Å². The molecule has 138 valence electrons. The average molecular weight is 365 g/mol. The van der Waals surface area contributed by atoms with Crippen LogP contribution in [0.25, 0.3) is 0 Å². The van der Waals surface area contributed by atoms with Crippen molar-refractivity contribution >= 4 is 15.7 Å². The van der Waals surface area contributed by atoms with Gasteiger partial charge in [0.1, 0.15) is 0 Å². The van der Waals surface area contributed by atoms with Gasteiger partial charge in [-0.2, -0.15) is 0 Å². The first-order chi connectivity index (χ1) is 11.8. The Labute approximate surface area is 150 Å². The Morgan fingerprint density at radius 3 is 2.52 bits per heavy atom. The lowest BCUT2D eigenvalue weighted by molar-refractivity contribution is -0.135.